The van der Waals surface area contributed by atoms with Crippen LogP contribution in [-0.2, 0) is 4.79 Å². The van der Waals surface area contributed by atoms with E-state index in [0.29, 0.717) is 24.8 Å². The average Bonchev–Trinajstić information content (AvgIpc) is 3.03. The average molecular weight is 328 g/mol. The highest BCUT2D eigenvalue weighted by Gasteiger charge is 2.35. The van der Waals surface area contributed by atoms with Gasteiger partial charge in [-0.3, -0.25) is 4.79 Å². The topological polar surface area (TPSA) is 30.2 Å². The lowest BCUT2D eigenvalue weighted by molar-refractivity contribution is -0.117. The van der Waals surface area contributed by atoms with Gasteiger partial charge in [-0.15, -0.1) is 0 Å². The maximum atomic E-state index is 15.4. The van der Waals surface area contributed by atoms with E-state index in [4.69, 9.17) is 4.42 Å². The van der Waals surface area contributed by atoms with Crippen molar-refractivity contribution in [3.8, 4) is 0 Å². The standard InChI is InChI=1S/C21H25FO2/c1-4-21(3,22)19-12-15(16-8-9-24-13-16)6-5-7-17-18(19)10-14(2)11-20(17)23/h6,8-9,12-14H,4-5,7,10-11H2,1-3H3. The number of furan rings is 1. The van der Waals surface area contributed by atoms with Gasteiger partial charge in [-0.25, -0.2) is 4.39 Å². The molecular weight excluding hydrogens is 303 g/mol. The molecule has 128 valence electrons. The molecule has 2 atom stereocenters. The van der Waals surface area contributed by atoms with Gasteiger partial charge in [-0.1, -0.05) is 19.9 Å². The van der Waals surface area contributed by atoms with Crippen LogP contribution in [-0.4, -0.2) is 11.5 Å². The summed E-state index contributed by atoms with van der Waals surface area (Å²) in [4.78, 5) is 12.5. The summed E-state index contributed by atoms with van der Waals surface area (Å²) in [6, 6.07) is 1.90. The largest absolute Gasteiger partial charge is 0.472 e. The zero-order chi connectivity index (χ0) is 17.3. The molecule has 2 aliphatic carbocycles. The van der Waals surface area contributed by atoms with Crippen LogP contribution in [0.4, 0.5) is 4.39 Å². The second-order valence-electron chi connectivity index (χ2n) is 7.21. The molecule has 24 heavy (non-hydrogen) atoms. The lowest BCUT2D eigenvalue weighted by Crippen LogP contribution is -2.27. The molecule has 0 bridgehead atoms. The SMILES string of the molecule is CCC(C)(F)C1=CC(c2ccoc2)=CCCC2=C1CC(C)CC2=O. The second kappa shape index (κ2) is 6.54. The number of allylic oxidation sites excluding steroid dienone is 6. The molecule has 1 heterocycles. The fraction of sp³-hybridized carbons (Fsp3) is 0.476. The first kappa shape index (κ1) is 16.9. The third-order valence-electron chi connectivity index (χ3n) is 5.25. The smallest absolute Gasteiger partial charge is 0.159 e. The Kier molecular flexibility index (Phi) is 4.62. The Morgan fingerprint density at radius 2 is 2.12 bits per heavy atom. The van der Waals surface area contributed by atoms with Crippen molar-refractivity contribution in [2.24, 2.45) is 5.92 Å². The van der Waals surface area contributed by atoms with Crippen LogP contribution in [0.25, 0.3) is 5.57 Å². The molecule has 0 radical (unpaired) electrons. The fourth-order valence-corrected chi connectivity index (χ4v) is 3.67. The summed E-state index contributed by atoms with van der Waals surface area (Å²) in [5, 5.41) is 0. The van der Waals surface area contributed by atoms with E-state index in [9.17, 15) is 4.79 Å². The predicted octanol–water partition coefficient (Wildman–Crippen LogP) is 5.82. The van der Waals surface area contributed by atoms with E-state index in [1.165, 1.54) is 0 Å². The number of carbonyl (C=O) groups is 1. The Morgan fingerprint density at radius 1 is 1.33 bits per heavy atom. The number of carbonyl (C=O) groups excluding carboxylic acids is 1. The molecule has 3 heteroatoms. The van der Waals surface area contributed by atoms with E-state index < -0.39 is 5.67 Å². The highest BCUT2D eigenvalue weighted by atomic mass is 19.1. The zero-order valence-corrected chi connectivity index (χ0v) is 14.7. The Labute approximate surface area is 143 Å². The van der Waals surface area contributed by atoms with Crippen LogP contribution in [0.2, 0.25) is 0 Å². The monoisotopic (exact) mass is 328 g/mol. The molecule has 1 aromatic rings. The van der Waals surface area contributed by atoms with Gasteiger partial charge in [0, 0.05) is 12.0 Å². The van der Waals surface area contributed by atoms with Crippen molar-refractivity contribution in [1.82, 2.24) is 0 Å². The summed E-state index contributed by atoms with van der Waals surface area (Å²) in [7, 11) is 0. The number of ketones is 1. The van der Waals surface area contributed by atoms with E-state index in [1.807, 2.05) is 19.1 Å². The lowest BCUT2D eigenvalue weighted by atomic mass is 9.73. The summed E-state index contributed by atoms with van der Waals surface area (Å²) in [6.07, 6.45) is 10.6. The maximum absolute atomic E-state index is 15.4. The number of alkyl halides is 1. The van der Waals surface area contributed by atoms with Crippen LogP contribution in [0.1, 0.15) is 58.4 Å². The molecule has 0 aliphatic heterocycles. The van der Waals surface area contributed by atoms with Gasteiger partial charge in [0.05, 0.1) is 12.5 Å². The number of halogens is 1. The van der Waals surface area contributed by atoms with Crippen molar-refractivity contribution in [1.29, 1.82) is 0 Å². The van der Waals surface area contributed by atoms with E-state index in [-0.39, 0.29) is 11.7 Å². The van der Waals surface area contributed by atoms with E-state index in [0.717, 1.165) is 35.1 Å². The first-order valence-electron chi connectivity index (χ1n) is 8.81. The van der Waals surface area contributed by atoms with Crippen molar-refractivity contribution >= 4 is 11.4 Å². The Morgan fingerprint density at radius 3 is 2.79 bits per heavy atom. The highest BCUT2D eigenvalue weighted by molar-refractivity contribution is 5.98. The minimum Gasteiger partial charge on any atom is -0.472 e. The Hall–Kier alpha value is -1.90. The summed E-state index contributed by atoms with van der Waals surface area (Å²) < 4.78 is 20.6. The molecular formula is C21H25FO2. The van der Waals surface area contributed by atoms with Gasteiger partial charge in [-0.2, -0.15) is 0 Å². The van der Waals surface area contributed by atoms with Crippen molar-refractivity contribution in [2.75, 3.05) is 0 Å². The molecule has 2 unspecified atom stereocenters. The third kappa shape index (κ3) is 3.17. The van der Waals surface area contributed by atoms with Gasteiger partial charge in [0.2, 0.25) is 0 Å². The number of hydrogen-bond donors (Lipinski definition) is 0. The van der Waals surface area contributed by atoms with Crippen LogP contribution in [0.5, 0.6) is 0 Å². The van der Waals surface area contributed by atoms with Gasteiger partial charge in [0.15, 0.2) is 5.78 Å². The van der Waals surface area contributed by atoms with Gasteiger partial charge < -0.3 is 4.42 Å². The number of Topliss-reactive ketones (excluding diaryl/α,β-unsaturated/α-hetero) is 1. The predicted molar refractivity (Wildman–Crippen MR) is 94.2 cm³/mol. The Bertz CT molecular complexity index is 717. The van der Waals surface area contributed by atoms with E-state index in [1.54, 1.807) is 19.5 Å². The first-order valence-corrected chi connectivity index (χ1v) is 8.81. The number of rotatable bonds is 3. The molecule has 0 N–H and O–H groups in total. The van der Waals surface area contributed by atoms with E-state index >= 15 is 4.39 Å². The van der Waals surface area contributed by atoms with Gasteiger partial charge in [0.1, 0.15) is 5.67 Å². The fourth-order valence-electron chi connectivity index (χ4n) is 3.67. The van der Waals surface area contributed by atoms with Crippen molar-refractivity contribution in [3.05, 3.63) is 53.0 Å². The molecule has 0 spiro atoms. The minimum atomic E-state index is -1.45. The zero-order valence-electron chi connectivity index (χ0n) is 14.7. The maximum Gasteiger partial charge on any atom is 0.159 e. The van der Waals surface area contributed by atoms with E-state index in [2.05, 4.69) is 13.0 Å². The minimum absolute atomic E-state index is 0.196. The molecule has 0 amide bonds. The van der Waals surface area contributed by atoms with Crippen LogP contribution in [0.15, 0.2) is 51.9 Å². The van der Waals surface area contributed by atoms with Crippen molar-refractivity contribution < 1.29 is 13.6 Å². The van der Waals surface area contributed by atoms with Crippen molar-refractivity contribution in [2.45, 2.75) is 58.5 Å². The quantitative estimate of drug-likeness (QED) is 0.700. The van der Waals surface area contributed by atoms with Crippen LogP contribution >= 0.6 is 0 Å². The van der Waals surface area contributed by atoms with Gasteiger partial charge in [0.25, 0.3) is 0 Å². The van der Waals surface area contributed by atoms with Gasteiger partial charge in [-0.05, 0) is 73.0 Å². The summed E-state index contributed by atoms with van der Waals surface area (Å²) in [5.41, 5.74) is 2.95. The Balaban J connectivity index is 2.17. The van der Waals surface area contributed by atoms with Crippen LogP contribution in [0, 0.1) is 5.92 Å². The molecule has 2 aliphatic rings. The number of hydrogen-bond acceptors (Lipinski definition) is 2. The normalized spacial score (nSPS) is 24.5. The molecule has 0 saturated heterocycles. The molecule has 0 aromatic carbocycles. The lowest BCUT2D eigenvalue weighted by Gasteiger charge is -2.32. The second-order valence-corrected chi connectivity index (χ2v) is 7.21. The molecule has 0 fully saturated rings. The third-order valence-corrected chi connectivity index (χ3v) is 5.25. The van der Waals surface area contributed by atoms with Gasteiger partial charge >= 0.3 is 0 Å². The summed E-state index contributed by atoms with van der Waals surface area (Å²) in [6.45, 7) is 5.56. The molecule has 3 rings (SSSR count). The summed E-state index contributed by atoms with van der Waals surface area (Å²) >= 11 is 0. The first-order chi connectivity index (χ1) is 11.4. The highest BCUT2D eigenvalue weighted by Crippen LogP contribution is 2.43. The van der Waals surface area contributed by atoms with Crippen molar-refractivity contribution in [3.63, 3.8) is 0 Å². The molecule has 0 saturated carbocycles. The van der Waals surface area contributed by atoms with Crippen LogP contribution in [0.3, 0.4) is 0 Å². The molecule has 1 aromatic heterocycles. The summed E-state index contributed by atoms with van der Waals surface area (Å²) in [5.74, 6) is 0.467. The van der Waals surface area contributed by atoms with Crippen LogP contribution < -0.4 is 0 Å². The molecule has 2 nitrogen and oxygen atoms in total.